The van der Waals surface area contributed by atoms with Gasteiger partial charge in [-0.15, -0.1) is 16.4 Å². The van der Waals surface area contributed by atoms with Gasteiger partial charge in [-0.05, 0) is 40.3 Å². The van der Waals surface area contributed by atoms with E-state index in [0.717, 1.165) is 44.8 Å². The predicted octanol–water partition coefficient (Wildman–Crippen LogP) is 1.70. The van der Waals surface area contributed by atoms with E-state index in [4.69, 9.17) is 0 Å². The Balaban J connectivity index is 1.69. The van der Waals surface area contributed by atoms with Gasteiger partial charge in [-0.2, -0.15) is 0 Å². The van der Waals surface area contributed by atoms with Crippen LogP contribution in [0.25, 0.3) is 0 Å². The summed E-state index contributed by atoms with van der Waals surface area (Å²) in [5.41, 5.74) is 1.47. The summed E-state index contributed by atoms with van der Waals surface area (Å²) in [6.07, 6.45) is 2.22. The molecule has 0 saturated carbocycles. The molecule has 3 rings (SSSR count). The van der Waals surface area contributed by atoms with Gasteiger partial charge in [0.2, 0.25) is 0 Å². The fourth-order valence-electron chi connectivity index (χ4n) is 2.36. The van der Waals surface area contributed by atoms with Gasteiger partial charge in [0.1, 0.15) is 0 Å². The largest absolute Gasteiger partial charge is 0.291 e. The molecule has 0 saturated heterocycles. The van der Waals surface area contributed by atoms with Crippen LogP contribution >= 0.6 is 11.3 Å². The zero-order valence-electron chi connectivity index (χ0n) is 10.5. The van der Waals surface area contributed by atoms with Gasteiger partial charge in [0.25, 0.3) is 0 Å². The van der Waals surface area contributed by atoms with Crippen molar-refractivity contribution in [1.29, 1.82) is 0 Å². The molecule has 0 atom stereocenters. The summed E-state index contributed by atoms with van der Waals surface area (Å²) >= 11 is 1.87. The first-order valence-corrected chi connectivity index (χ1v) is 7.27. The third-order valence-corrected chi connectivity index (χ3v) is 4.32. The molecule has 2 aromatic heterocycles. The molecule has 2 aromatic rings. The molecule has 0 radical (unpaired) electrons. The van der Waals surface area contributed by atoms with Crippen molar-refractivity contribution in [2.24, 2.45) is 0 Å². The van der Waals surface area contributed by atoms with E-state index in [1.807, 2.05) is 16.0 Å². The second kappa shape index (κ2) is 5.16. The Morgan fingerprint density at radius 1 is 1.44 bits per heavy atom. The number of nitrogens with zero attached hydrogens (tertiary/aromatic N) is 5. The van der Waals surface area contributed by atoms with Crippen molar-refractivity contribution in [3.63, 3.8) is 0 Å². The summed E-state index contributed by atoms with van der Waals surface area (Å²) in [6, 6.07) is 2.24. The summed E-state index contributed by atoms with van der Waals surface area (Å²) in [5, 5.41) is 14.1. The van der Waals surface area contributed by atoms with Crippen molar-refractivity contribution in [3.8, 4) is 0 Å². The molecule has 0 amide bonds. The highest BCUT2D eigenvalue weighted by molar-refractivity contribution is 7.10. The average molecular weight is 263 g/mol. The first-order chi connectivity index (χ1) is 8.86. The molecule has 18 heavy (non-hydrogen) atoms. The minimum Gasteiger partial charge on any atom is -0.291 e. The lowest BCUT2D eigenvalue weighted by atomic mass is 10.1. The van der Waals surface area contributed by atoms with Gasteiger partial charge in [0.15, 0.2) is 5.82 Å². The number of tetrazole rings is 1. The fraction of sp³-hybridized carbons (Fsp3) is 0.583. The SMILES string of the molecule is CCCn1nnnc1CN1CCc2sccc2C1. The number of aryl methyl sites for hydroxylation is 1. The van der Waals surface area contributed by atoms with Crippen LogP contribution in [-0.2, 0) is 26.1 Å². The van der Waals surface area contributed by atoms with E-state index in [0.29, 0.717) is 0 Å². The van der Waals surface area contributed by atoms with Gasteiger partial charge in [0.05, 0.1) is 6.54 Å². The van der Waals surface area contributed by atoms with Gasteiger partial charge >= 0.3 is 0 Å². The van der Waals surface area contributed by atoms with E-state index in [-0.39, 0.29) is 0 Å². The molecule has 0 fully saturated rings. The molecule has 1 aliphatic heterocycles. The van der Waals surface area contributed by atoms with Crippen LogP contribution in [0.2, 0.25) is 0 Å². The smallest absolute Gasteiger partial charge is 0.165 e. The third-order valence-electron chi connectivity index (χ3n) is 3.29. The molecular weight excluding hydrogens is 246 g/mol. The molecule has 5 nitrogen and oxygen atoms in total. The molecular formula is C12H17N5S. The Kier molecular flexibility index (Phi) is 3.38. The summed E-state index contributed by atoms with van der Waals surface area (Å²) in [7, 11) is 0. The van der Waals surface area contributed by atoms with E-state index in [9.17, 15) is 0 Å². The number of hydrogen-bond acceptors (Lipinski definition) is 5. The molecule has 0 unspecified atom stereocenters. The van der Waals surface area contributed by atoms with Crippen LogP contribution in [0.5, 0.6) is 0 Å². The Morgan fingerprint density at radius 2 is 2.39 bits per heavy atom. The minimum absolute atomic E-state index is 0.849. The highest BCUT2D eigenvalue weighted by Gasteiger charge is 2.19. The summed E-state index contributed by atoms with van der Waals surface area (Å²) < 4.78 is 1.92. The number of hydrogen-bond donors (Lipinski definition) is 0. The second-order valence-corrected chi connectivity index (χ2v) is 5.65. The number of rotatable bonds is 4. The van der Waals surface area contributed by atoms with Crippen LogP contribution < -0.4 is 0 Å². The van der Waals surface area contributed by atoms with Gasteiger partial charge in [0, 0.05) is 24.5 Å². The average Bonchev–Trinajstić information content (AvgIpc) is 2.99. The summed E-state index contributed by atoms with van der Waals surface area (Å²) in [4.78, 5) is 3.96. The molecule has 6 heteroatoms. The highest BCUT2D eigenvalue weighted by atomic mass is 32.1. The van der Waals surface area contributed by atoms with Crippen LogP contribution in [0.3, 0.4) is 0 Å². The normalized spacial score (nSPS) is 15.8. The van der Waals surface area contributed by atoms with Crippen LogP contribution in [0.1, 0.15) is 29.6 Å². The maximum atomic E-state index is 4.14. The van der Waals surface area contributed by atoms with Gasteiger partial charge < -0.3 is 0 Å². The first-order valence-electron chi connectivity index (χ1n) is 6.39. The van der Waals surface area contributed by atoms with E-state index < -0.39 is 0 Å². The zero-order valence-corrected chi connectivity index (χ0v) is 11.4. The lowest BCUT2D eigenvalue weighted by molar-refractivity contribution is 0.236. The number of fused-ring (bicyclic) bond motifs is 1. The highest BCUT2D eigenvalue weighted by Crippen LogP contribution is 2.24. The van der Waals surface area contributed by atoms with Crippen molar-refractivity contribution in [2.45, 2.75) is 39.4 Å². The maximum absolute atomic E-state index is 4.14. The lowest BCUT2D eigenvalue weighted by Crippen LogP contribution is -2.30. The lowest BCUT2D eigenvalue weighted by Gasteiger charge is -2.26. The van der Waals surface area contributed by atoms with Crippen molar-refractivity contribution in [2.75, 3.05) is 6.54 Å². The van der Waals surface area contributed by atoms with Gasteiger partial charge in [-0.3, -0.25) is 4.90 Å². The maximum Gasteiger partial charge on any atom is 0.165 e. The molecule has 0 N–H and O–H groups in total. The Labute approximate surface area is 110 Å². The molecule has 0 aliphatic carbocycles. The van der Waals surface area contributed by atoms with Crippen LogP contribution in [0.4, 0.5) is 0 Å². The van der Waals surface area contributed by atoms with E-state index in [2.05, 4.69) is 38.8 Å². The van der Waals surface area contributed by atoms with E-state index >= 15 is 0 Å². The predicted molar refractivity (Wildman–Crippen MR) is 70.2 cm³/mol. The minimum atomic E-state index is 0.849. The number of aromatic nitrogens is 4. The van der Waals surface area contributed by atoms with Crippen molar-refractivity contribution < 1.29 is 0 Å². The molecule has 0 aromatic carbocycles. The van der Waals surface area contributed by atoms with E-state index in [1.54, 1.807) is 4.88 Å². The topological polar surface area (TPSA) is 46.8 Å². The Bertz CT molecular complexity index is 518. The zero-order chi connectivity index (χ0) is 12.4. The second-order valence-electron chi connectivity index (χ2n) is 4.65. The molecule has 1 aliphatic rings. The van der Waals surface area contributed by atoms with Crippen molar-refractivity contribution in [3.05, 3.63) is 27.7 Å². The van der Waals surface area contributed by atoms with Crippen molar-refractivity contribution >= 4 is 11.3 Å². The Hall–Kier alpha value is -1.27. The van der Waals surface area contributed by atoms with Crippen LogP contribution in [0.15, 0.2) is 11.4 Å². The standard InChI is InChI=1S/C12H17N5S/c1-2-5-17-12(13-14-15-17)9-16-6-3-11-10(8-16)4-7-18-11/h4,7H,2-3,5-6,8-9H2,1H3. The molecule has 0 spiro atoms. The molecule has 3 heterocycles. The molecule has 96 valence electrons. The summed E-state index contributed by atoms with van der Waals surface area (Å²) in [5.74, 6) is 0.982. The first kappa shape index (κ1) is 11.8. The van der Waals surface area contributed by atoms with Crippen LogP contribution in [0, 0.1) is 0 Å². The fourth-order valence-corrected chi connectivity index (χ4v) is 3.25. The molecule has 0 bridgehead atoms. The van der Waals surface area contributed by atoms with Crippen LogP contribution in [-0.4, -0.2) is 31.7 Å². The van der Waals surface area contributed by atoms with Crippen molar-refractivity contribution in [1.82, 2.24) is 25.1 Å². The van der Waals surface area contributed by atoms with Gasteiger partial charge in [-0.25, -0.2) is 4.68 Å². The van der Waals surface area contributed by atoms with Gasteiger partial charge in [-0.1, -0.05) is 6.92 Å². The number of thiophene rings is 1. The van der Waals surface area contributed by atoms with E-state index in [1.165, 1.54) is 5.56 Å². The monoisotopic (exact) mass is 263 g/mol. The summed E-state index contributed by atoms with van der Waals surface area (Å²) in [6.45, 7) is 6.02. The third kappa shape index (κ3) is 2.30. The quantitative estimate of drug-likeness (QED) is 0.842. The Morgan fingerprint density at radius 3 is 3.28 bits per heavy atom.